The third-order valence-electron chi connectivity index (χ3n) is 6.77. The molecule has 0 aliphatic carbocycles. The standard InChI is InChI=1S/C29H33NO6/c1-6-35-29(32)21-8-7-13-30(16-21)26(31)14-18(2)23-15-24-25(20-9-11-22(33-4)12-10-20)17-36-28(24)19(3)27(23)34-5/h9-12,14-15,17,21H,6-8,13,16H2,1-5H3/b18-14+. The lowest BCUT2D eigenvalue weighted by Crippen LogP contribution is -2.42. The Morgan fingerprint density at radius 2 is 1.92 bits per heavy atom. The van der Waals surface area contributed by atoms with Crippen molar-refractivity contribution in [2.75, 3.05) is 33.9 Å². The van der Waals surface area contributed by atoms with Crippen molar-refractivity contribution in [2.24, 2.45) is 5.92 Å². The maximum absolute atomic E-state index is 13.2. The van der Waals surface area contributed by atoms with E-state index in [1.54, 1.807) is 38.4 Å². The van der Waals surface area contributed by atoms with Crippen LogP contribution in [0.15, 0.2) is 47.1 Å². The number of piperidine rings is 1. The molecule has 1 aliphatic heterocycles. The van der Waals surface area contributed by atoms with Crippen LogP contribution in [0.3, 0.4) is 0 Å². The van der Waals surface area contributed by atoms with Crippen LogP contribution in [0.5, 0.6) is 11.5 Å². The molecule has 7 nitrogen and oxygen atoms in total. The molecule has 2 heterocycles. The maximum atomic E-state index is 13.2. The molecule has 0 radical (unpaired) electrons. The molecule has 1 atom stereocenters. The zero-order valence-corrected chi connectivity index (χ0v) is 21.6. The molecule has 0 saturated carbocycles. The fourth-order valence-electron chi connectivity index (χ4n) is 4.85. The van der Waals surface area contributed by atoms with Crippen LogP contribution in [0.25, 0.3) is 27.7 Å². The van der Waals surface area contributed by atoms with Gasteiger partial charge in [0.05, 0.1) is 33.0 Å². The van der Waals surface area contributed by atoms with Gasteiger partial charge in [-0.15, -0.1) is 0 Å². The fourth-order valence-corrected chi connectivity index (χ4v) is 4.85. The molecule has 190 valence electrons. The van der Waals surface area contributed by atoms with E-state index in [9.17, 15) is 9.59 Å². The third-order valence-corrected chi connectivity index (χ3v) is 6.77. The number of esters is 1. The maximum Gasteiger partial charge on any atom is 0.310 e. The number of benzene rings is 2. The smallest absolute Gasteiger partial charge is 0.310 e. The zero-order valence-electron chi connectivity index (χ0n) is 21.6. The van der Waals surface area contributed by atoms with Crippen molar-refractivity contribution in [2.45, 2.75) is 33.6 Å². The number of rotatable bonds is 7. The Balaban J connectivity index is 1.68. The molecule has 36 heavy (non-hydrogen) atoms. The molecule has 0 bridgehead atoms. The predicted molar refractivity (Wildman–Crippen MR) is 139 cm³/mol. The van der Waals surface area contributed by atoms with Crippen molar-refractivity contribution in [1.29, 1.82) is 0 Å². The average Bonchev–Trinajstić information content (AvgIpc) is 3.33. The van der Waals surface area contributed by atoms with E-state index in [2.05, 4.69) is 0 Å². The van der Waals surface area contributed by atoms with Crippen LogP contribution in [0.1, 0.15) is 37.8 Å². The quantitative estimate of drug-likeness (QED) is 0.315. The first-order valence-electron chi connectivity index (χ1n) is 12.2. The molecule has 1 unspecified atom stereocenters. The monoisotopic (exact) mass is 491 g/mol. The predicted octanol–water partition coefficient (Wildman–Crippen LogP) is 5.63. The molecule has 1 saturated heterocycles. The topological polar surface area (TPSA) is 78.2 Å². The summed E-state index contributed by atoms with van der Waals surface area (Å²) in [6, 6.07) is 9.83. The highest BCUT2D eigenvalue weighted by Gasteiger charge is 2.29. The number of aryl methyl sites for hydroxylation is 1. The molecule has 3 aromatic rings. The summed E-state index contributed by atoms with van der Waals surface area (Å²) in [5, 5.41) is 0.939. The molecule has 1 aromatic heterocycles. The number of methoxy groups -OCH3 is 2. The number of hydrogen-bond acceptors (Lipinski definition) is 6. The van der Waals surface area contributed by atoms with Gasteiger partial charge in [0.25, 0.3) is 0 Å². The van der Waals surface area contributed by atoms with E-state index < -0.39 is 0 Å². The van der Waals surface area contributed by atoms with Gasteiger partial charge in [-0.25, -0.2) is 0 Å². The summed E-state index contributed by atoms with van der Waals surface area (Å²) in [5.74, 6) is 0.823. The Bertz CT molecular complexity index is 1290. The lowest BCUT2D eigenvalue weighted by molar-refractivity contribution is -0.150. The lowest BCUT2D eigenvalue weighted by Gasteiger charge is -2.31. The van der Waals surface area contributed by atoms with E-state index in [0.29, 0.717) is 25.4 Å². The summed E-state index contributed by atoms with van der Waals surface area (Å²) in [7, 11) is 3.26. The highest BCUT2D eigenvalue weighted by atomic mass is 16.5. The normalized spacial score (nSPS) is 16.2. The van der Waals surface area contributed by atoms with Crippen LogP contribution in [-0.4, -0.2) is 50.7 Å². The number of fused-ring (bicyclic) bond motifs is 1. The van der Waals surface area contributed by atoms with E-state index in [4.69, 9.17) is 18.6 Å². The number of amides is 1. The van der Waals surface area contributed by atoms with Gasteiger partial charge in [0.2, 0.25) is 5.91 Å². The number of carbonyl (C=O) groups excluding carboxylic acids is 2. The Kier molecular flexibility index (Phi) is 7.67. The number of carbonyl (C=O) groups is 2. The fraction of sp³-hybridized carbons (Fsp3) is 0.379. The summed E-state index contributed by atoms with van der Waals surface area (Å²) in [4.78, 5) is 27.1. The van der Waals surface area contributed by atoms with E-state index >= 15 is 0 Å². The second-order valence-corrected chi connectivity index (χ2v) is 9.04. The van der Waals surface area contributed by atoms with Gasteiger partial charge in [-0.3, -0.25) is 9.59 Å². The molecular formula is C29H33NO6. The van der Waals surface area contributed by atoms with Crippen LogP contribution < -0.4 is 9.47 Å². The summed E-state index contributed by atoms with van der Waals surface area (Å²) in [6.07, 6.45) is 4.89. The van der Waals surface area contributed by atoms with Crippen molar-refractivity contribution < 1.29 is 28.2 Å². The van der Waals surface area contributed by atoms with E-state index in [1.165, 1.54) is 0 Å². The van der Waals surface area contributed by atoms with Crippen LogP contribution in [-0.2, 0) is 14.3 Å². The second-order valence-electron chi connectivity index (χ2n) is 9.04. The molecule has 1 amide bonds. The highest BCUT2D eigenvalue weighted by Crippen LogP contribution is 2.41. The van der Waals surface area contributed by atoms with Crippen molar-refractivity contribution in [3.8, 4) is 22.6 Å². The average molecular weight is 492 g/mol. The van der Waals surface area contributed by atoms with Gasteiger partial charge in [0.1, 0.15) is 17.1 Å². The van der Waals surface area contributed by atoms with Crippen LogP contribution in [0.2, 0.25) is 0 Å². The number of ether oxygens (including phenoxy) is 3. The summed E-state index contributed by atoms with van der Waals surface area (Å²) in [6.45, 7) is 6.99. The molecule has 0 spiro atoms. The minimum atomic E-state index is -0.275. The van der Waals surface area contributed by atoms with Crippen LogP contribution in [0, 0.1) is 12.8 Å². The molecule has 4 rings (SSSR count). The minimum absolute atomic E-state index is 0.121. The first-order valence-corrected chi connectivity index (χ1v) is 12.2. The summed E-state index contributed by atoms with van der Waals surface area (Å²) in [5.41, 5.74) is 5.17. The number of allylic oxidation sites excluding steroid dienone is 1. The summed E-state index contributed by atoms with van der Waals surface area (Å²) >= 11 is 0. The minimum Gasteiger partial charge on any atom is -0.497 e. The Hall–Kier alpha value is -3.74. The number of nitrogens with zero attached hydrogens (tertiary/aromatic N) is 1. The molecule has 7 heteroatoms. The number of likely N-dealkylation sites (tertiary alicyclic amines) is 1. The SMILES string of the molecule is CCOC(=O)C1CCCN(C(=O)/C=C(\C)c2cc3c(-c4ccc(OC)cc4)coc3c(C)c2OC)C1. The van der Waals surface area contributed by atoms with Gasteiger partial charge in [0, 0.05) is 41.2 Å². The molecule has 2 aromatic carbocycles. The Labute approximate surface area is 211 Å². The van der Waals surface area contributed by atoms with Crippen molar-refractivity contribution in [1.82, 2.24) is 4.90 Å². The van der Waals surface area contributed by atoms with Crippen LogP contribution in [0.4, 0.5) is 0 Å². The van der Waals surface area contributed by atoms with Crippen molar-refractivity contribution in [3.05, 3.63) is 53.8 Å². The third kappa shape index (κ3) is 4.96. The first kappa shape index (κ1) is 25.4. The van der Waals surface area contributed by atoms with Gasteiger partial charge >= 0.3 is 5.97 Å². The van der Waals surface area contributed by atoms with Gasteiger partial charge in [-0.1, -0.05) is 12.1 Å². The second kappa shape index (κ2) is 10.9. The van der Waals surface area contributed by atoms with Gasteiger partial charge in [0.15, 0.2) is 0 Å². The molecular weight excluding hydrogens is 458 g/mol. The van der Waals surface area contributed by atoms with E-state index in [1.807, 2.05) is 44.2 Å². The van der Waals surface area contributed by atoms with Gasteiger partial charge in [-0.2, -0.15) is 0 Å². The summed E-state index contributed by atoms with van der Waals surface area (Å²) < 4.78 is 22.2. The lowest BCUT2D eigenvalue weighted by atomic mass is 9.95. The molecule has 1 fully saturated rings. The first-order chi connectivity index (χ1) is 17.4. The number of hydrogen-bond donors (Lipinski definition) is 0. The van der Waals surface area contributed by atoms with Gasteiger partial charge in [-0.05, 0) is 62.9 Å². The zero-order chi connectivity index (χ0) is 25.8. The Morgan fingerprint density at radius 3 is 2.58 bits per heavy atom. The van der Waals surface area contributed by atoms with Crippen molar-refractivity contribution in [3.63, 3.8) is 0 Å². The molecule has 1 aliphatic rings. The van der Waals surface area contributed by atoms with Gasteiger partial charge < -0.3 is 23.5 Å². The van der Waals surface area contributed by atoms with E-state index in [-0.39, 0.29) is 17.8 Å². The highest BCUT2D eigenvalue weighted by molar-refractivity contribution is 6.01. The number of furan rings is 1. The Morgan fingerprint density at radius 1 is 1.17 bits per heavy atom. The molecule has 0 N–H and O–H groups in total. The van der Waals surface area contributed by atoms with E-state index in [0.717, 1.165) is 57.4 Å². The largest absolute Gasteiger partial charge is 0.497 e. The van der Waals surface area contributed by atoms with Crippen molar-refractivity contribution >= 4 is 28.4 Å². The van der Waals surface area contributed by atoms with Crippen LogP contribution >= 0.6 is 0 Å².